The van der Waals surface area contributed by atoms with E-state index >= 15 is 0 Å². The van der Waals surface area contributed by atoms with E-state index in [1.807, 2.05) is 12.1 Å². The topological polar surface area (TPSA) is 55.2 Å². The monoisotopic (exact) mass is 234 g/mol. The molecule has 0 saturated heterocycles. The quantitative estimate of drug-likeness (QED) is 0.448. The summed E-state index contributed by atoms with van der Waals surface area (Å²) < 4.78 is 0. The van der Waals surface area contributed by atoms with Crippen LogP contribution in [-0.4, -0.2) is 18.0 Å². The van der Waals surface area contributed by atoms with Gasteiger partial charge in [0.25, 0.3) is 5.69 Å². The van der Waals surface area contributed by atoms with Crippen LogP contribution in [0.2, 0.25) is 0 Å². The SMILES string of the molecule is O=[N+]([O-])c1ccc(CCNCCC2CC2)cc1. The van der Waals surface area contributed by atoms with Gasteiger partial charge in [0, 0.05) is 12.1 Å². The van der Waals surface area contributed by atoms with Crippen molar-refractivity contribution in [2.24, 2.45) is 5.92 Å². The summed E-state index contributed by atoms with van der Waals surface area (Å²) in [6.07, 6.45) is 5.04. The third-order valence-electron chi connectivity index (χ3n) is 3.16. The van der Waals surface area contributed by atoms with Gasteiger partial charge in [-0.2, -0.15) is 0 Å². The van der Waals surface area contributed by atoms with E-state index in [2.05, 4.69) is 5.32 Å². The first kappa shape index (κ1) is 12.0. The summed E-state index contributed by atoms with van der Waals surface area (Å²) >= 11 is 0. The van der Waals surface area contributed by atoms with Crippen LogP contribution in [0.3, 0.4) is 0 Å². The molecule has 0 unspecified atom stereocenters. The lowest BCUT2D eigenvalue weighted by Crippen LogP contribution is -2.18. The van der Waals surface area contributed by atoms with Crippen molar-refractivity contribution in [3.05, 3.63) is 39.9 Å². The Morgan fingerprint density at radius 2 is 1.94 bits per heavy atom. The number of benzene rings is 1. The number of non-ortho nitro benzene ring substituents is 1. The van der Waals surface area contributed by atoms with Crippen LogP contribution in [0.1, 0.15) is 24.8 Å². The van der Waals surface area contributed by atoms with E-state index in [0.29, 0.717) is 0 Å². The predicted molar refractivity (Wildman–Crippen MR) is 67.0 cm³/mol. The molecular weight excluding hydrogens is 216 g/mol. The molecule has 0 aromatic heterocycles. The van der Waals surface area contributed by atoms with Gasteiger partial charge in [-0.15, -0.1) is 0 Å². The lowest BCUT2D eigenvalue weighted by Gasteiger charge is -2.04. The Morgan fingerprint density at radius 3 is 2.53 bits per heavy atom. The molecular formula is C13H18N2O2. The van der Waals surface area contributed by atoms with Gasteiger partial charge in [-0.1, -0.05) is 25.0 Å². The molecule has 1 N–H and O–H groups in total. The van der Waals surface area contributed by atoms with Gasteiger partial charge < -0.3 is 5.32 Å². The molecule has 0 aliphatic heterocycles. The maximum Gasteiger partial charge on any atom is 0.269 e. The normalized spacial score (nSPS) is 14.8. The summed E-state index contributed by atoms with van der Waals surface area (Å²) in [5, 5.41) is 13.9. The summed E-state index contributed by atoms with van der Waals surface area (Å²) in [5.74, 6) is 0.974. The first-order chi connectivity index (χ1) is 8.25. The van der Waals surface area contributed by atoms with Gasteiger partial charge in [0.05, 0.1) is 4.92 Å². The average molecular weight is 234 g/mol. The minimum absolute atomic E-state index is 0.162. The van der Waals surface area contributed by atoms with Crippen molar-refractivity contribution < 1.29 is 4.92 Å². The fourth-order valence-corrected chi connectivity index (χ4v) is 1.85. The van der Waals surface area contributed by atoms with Crippen molar-refractivity contribution in [1.29, 1.82) is 0 Å². The molecule has 1 aliphatic rings. The van der Waals surface area contributed by atoms with Crippen LogP contribution in [0.4, 0.5) is 5.69 Å². The second-order valence-corrected chi connectivity index (χ2v) is 4.66. The van der Waals surface area contributed by atoms with Gasteiger partial charge in [-0.05, 0) is 37.4 Å². The van der Waals surface area contributed by atoms with Crippen LogP contribution in [0.25, 0.3) is 0 Å². The third-order valence-corrected chi connectivity index (χ3v) is 3.16. The molecule has 4 heteroatoms. The summed E-state index contributed by atoms with van der Waals surface area (Å²) in [6.45, 7) is 2.04. The highest BCUT2D eigenvalue weighted by molar-refractivity contribution is 5.32. The highest BCUT2D eigenvalue weighted by Gasteiger charge is 2.19. The molecule has 1 saturated carbocycles. The van der Waals surface area contributed by atoms with E-state index < -0.39 is 0 Å². The summed E-state index contributed by atoms with van der Waals surface area (Å²) in [7, 11) is 0. The molecule has 4 nitrogen and oxygen atoms in total. The summed E-state index contributed by atoms with van der Waals surface area (Å²) in [6, 6.07) is 6.81. The molecule has 0 amide bonds. The highest BCUT2D eigenvalue weighted by atomic mass is 16.6. The van der Waals surface area contributed by atoms with Crippen LogP contribution in [-0.2, 0) is 6.42 Å². The molecule has 1 aliphatic carbocycles. The van der Waals surface area contributed by atoms with Crippen LogP contribution >= 0.6 is 0 Å². The lowest BCUT2D eigenvalue weighted by atomic mass is 10.1. The van der Waals surface area contributed by atoms with Crippen molar-refractivity contribution in [1.82, 2.24) is 5.32 Å². The molecule has 0 atom stereocenters. The predicted octanol–water partition coefficient (Wildman–Crippen LogP) is 2.53. The molecule has 0 bridgehead atoms. The third kappa shape index (κ3) is 4.15. The first-order valence-corrected chi connectivity index (χ1v) is 6.20. The van der Waals surface area contributed by atoms with Crippen LogP contribution in [0.5, 0.6) is 0 Å². The maximum absolute atomic E-state index is 10.5. The highest BCUT2D eigenvalue weighted by Crippen LogP contribution is 2.31. The average Bonchev–Trinajstić information content (AvgIpc) is 3.13. The molecule has 92 valence electrons. The standard InChI is InChI=1S/C13H18N2O2/c16-15(17)13-5-3-12(4-6-13)8-10-14-9-7-11-1-2-11/h3-6,11,14H,1-2,7-10H2. The second kappa shape index (κ2) is 5.77. The molecule has 0 heterocycles. The van der Waals surface area contributed by atoms with Gasteiger partial charge in [0.15, 0.2) is 0 Å². The lowest BCUT2D eigenvalue weighted by molar-refractivity contribution is -0.384. The molecule has 0 spiro atoms. The zero-order chi connectivity index (χ0) is 12.1. The molecule has 1 fully saturated rings. The van der Waals surface area contributed by atoms with E-state index in [9.17, 15) is 10.1 Å². The Balaban J connectivity index is 1.65. The van der Waals surface area contributed by atoms with Gasteiger partial charge in [-0.3, -0.25) is 10.1 Å². The van der Waals surface area contributed by atoms with E-state index in [0.717, 1.165) is 31.0 Å². The van der Waals surface area contributed by atoms with E-state index in [1.54, 1.807) is 12.1 Å². The van der Waals surface area contributed by atoms with Gasteiger partial charge >= 0.3 is 0 Å². The van der Waals surface area contributed by atoms with Crippen molar-refractivity contribution in [2.75, 3.05) is 13.1 Å². The van der Waals surface area contributed by atoms with E-state index in [1.165, 1.54) is 19.3 Å². The number of nitrogens with one attached hydrogen (secondary N) is 1. The van der Waals surface area contributed by atoms with Crippen LogP contribution < -0.4 is 5.32 Å². The fourth-order valence-electron chi connectivity index (χ4n) is 1.85. The van der Waals surface area contributed by atoms with Crippen molar-refractivity contribution in [3.8, 4) is 0 Å². The number of nitrogens with zero attached hydrogens (tertiary/aromatic N) is 1. The van der Waals surface area contributed by atoms with E-state index in [4.69, 9.17) is 0 Å². The Bertz CT molecular complexity index is 372. The van der Waals surface area contributed by atoms with Crippen LogP contribution in [0.15, 0.2) is 24.3 Å². The van der Waals surface area contributed by atoms with Crippen LogP contribution in [0, 0.1) is 16.0 Å². The number of rotatable bonds is 7. The fraction of sp³-hybridized carbons (Fsp3) is 0.538. The maximum atomic E-state index is 10.5. The zero-order valence-corrected chi connectivity index (χ0v) is 9.89. The molecule has 17 heavy (non-hydrogen) atoms. The molecule has 1 aromatic carbocycles. The van der Waals surface area contributed by atoms with Gasteiger partial charge in [-0.25, -0.2) is 0 Å². The number of hydrogen-bond acceptors (Lipinski definition) is 3. The first-order valence-electron chi connectivity index (χ1n) is 6.20. The Morgan fingerprint density at radius 1 is 1.24 bits per heavy atom. The van der Waals surface area contributed by atoms with Gasteiger partial charge in [0.2, 0.25) is 0 Å². The minimum Gasteiger partial charge on any atom is -0.316 e. The zero-order valence-electron chi connectivity index (χ0n) is 9.89. The Kier molecular flexibility index (Phi) is 4.09. The summed E-state index contributed by atoms with van der Waals surface area (Å²) in [5.41, 5.74) is 1.31. The second-order valence-electron chi connectivity index (χ2n) is 4.66. The van der Waals surface area contributed by atoms with Gasteiger partial charge in [0.1, 0.15) is 0 Å². The Hall–Kier alpha value is -1.42. The van der Waals surface area contributed by atoms with Crippen molar-refractivity contribution in [2.45, 2.75) is 25.7 Å². The number of hydrogen-bond donors (Lipinski definition) is 1. The van der Waals surface area contributed by atoms with E-state index in [-0.39, 0.29) is 10.6 Å². The molecule has 1 aromatic rings. The van der Waals surface area contributed by atoms with Crippen molar-refractivity contribution in [3.63, 3.8) is 0 Å². The number of nitro benzene ring substituents is 1. The smallest absolute Gasteiger partial charge is 0.269 e. The molecule has 0 radical (unpaired) electrons. The number of nitro groups is 1. The van der Waals surface area contributed by atoms with Crippen molar-refractivity contribution >= 4 is 5.69 Å². The molecule has 2 rings (SSSR count). The summed E-state index contributed by atoms with van der Waals surface area (Å²) in [4.78, 5) is 10.1. The largest absolute Gasteiger partial charge is 0.316 e. The Labute approximate surface area is 101 Å². The minimum atomic E-state index is -0.363.